The third kappa shape index (κ3) is 6.29. The van der Waals surface area contributed by atoms with E-state index in [1.807, 2.05) is 54.6 Å². The fourth-order valence-corrected chi connectivity index (χ4v) is 5.83. The molecule has 1 aromatic heterocycles. The van der Waals surface area contributed by atoms with Crippen molar-refractivity contribution in [3.8, 4) is 6.07 Å². The second-order valence-electron chi connectivity index (χ2n) is 8.09. The summed E-state index contributed by atoms with van der Waals surface area (Å²) in [5.74, 6) is -0.158. The maximum Gasteiger partial charge on any atom is 0.235 e. The summed E-state index contributed by atoms with van der Waals surface area (Å²) < 4.78 is 0. The first-order chi connectivity index (χ1) is 16.9. The molecular formula is C26H24N4O3S2. The van der Waals surface area contributed by atoms with Crippen molar-refractivity contribution in [2.45, 2.75) is 31.2 Å². The summed E-state index contributed by atoms with van der Waals surface area (Å²) in [6, 6.07) is 19.1. The van der Waals surface area contributed by atoms with E-state index in [4.69, 9.17) is 0 Å². The lowest BCUT2D eigenvalue weighted by Gasteiger charge is -2.25. The van der Waals surface area contributed by atoms with Crippen LogP contribution in [0.1, 0.15) is 28.5 Å². The smallest absolute Gasteiger partial charge is 0.235 e. The van der Waals surface area contributed by atoms with Gasteiger partial charge in [-0.3, -0.25) is 14.4 Å². The average molecular weight is 505 g/mol. The van der Waals surface area contributed by atoms with Gasteiger partial charge < -0.3 is 15.5 Å². The predicted molar refractivity (Wildman–Crippen MR) is 138 cm³/mol. The van der Waals surface area contributed by atoms with Crippen LogP contribution < -0.4 is 10.6 Å². The number of thiophene rings is 1. The topological polar surface area (TPSA) is 102 Å². The minimum absolute atomic E-state index is 0.00280. The fraction of sp³-hybridized carbons (Fsp3) is 0.231. The number of hydrogen-bond acceptors (Lipinski definition) is 6. The van der Waals surface area contributed by atoms with Gasteiger partial charge in [0, 0.05) is 28.9 Å². The lowest BCUT2D eigenvalue weighted by Crippen LogP contribution is -2.33. The van der Waals surface area contributed by atoms with Gasteiger partial charge in [0.25, 0.3) is 0 Å². The molecule has 0 fully saturated rings. The number of thioether (sulfide) groups is 1. The number of nitrogens with zero attached hydrogens (tertiary/aromatic N) is 2. The number of amides is 3. The Labute approximate surface area is 212 Å². The predicted octanol–water partition coefficient (Wildman–Crippen LogP) is 4.44. The first-order valence-electron chi connectivity index (χ1n) is 11.1. The highest BCUT2D eigenvalue weighted by molar-refractivity contribution is 8.00. The number of benzene rings is 2. The van der Waals surface area contributed by atoms with Crippen LogP contribution in [0.5, 0.6) is 0 Å². The van der Waals surface area contributed by atoms with Crippen molar-refractivity contribution in [1.29, 1.82) is 5.26 Å². The number of carbonyl (C=O) groups excluding carboxylic acids is 3. The van der Waals surface area contributed by atoms with Crippen LogP contribution >= 0.6 is 23.1 Å². The molecule has 4 rings (SSSR count). The van der Waals surface area contributed by atoms with Gasteiger partial charge in [0.15, 0.2) is 0 Å². The Bertz CT molecular complexity index is 1300. The standard InChI is InChI=1S/C26H24N4O3S2/c1-17(31)30-11-10-21-22(14-27)26(35-23(21)15-30)29-25(33)16-34-20-9-5-8-19(13-20)28-24(32)12-18-6-3-2-4-7-18/h2-9,13H,10-12,15-16H2,1H3,(H,28,32)(H,29,33). The van der Waals surface area contributed by atoms with E-state index in [0.717, 1.165) is 20.9 Å². The van der Waals surface area contributed by atoms with Crippen LogP contribution in [-0.4, -0.2) is 34.9 Å². The van der Waals surface area contributed by atoms with E-state index >= 15 is 0 Å². The minimum Gasteiger partial charge on any atom is -0.337 e. The maximum atomic E-state index is 12.6. The lowest BCUT2D eigenvalue weighted by atomic mass is 10.0. The Kier molecular flexibility index (Phi) is 7.85. The highest BCUT2D eigenvalue weighted by Crippen LogP contribution is 2.37. The van der Waals surface area contributed by atoms with Crippen LogP contribution in [0.25, 0.3) is 0 Å². The van der Waals surface area contributed by atoms with E-state index in [-0.39, 0.29) is 29.9 Å². The Balaban J connectivity index is 1.34. The third-order valence-corrected chi connectivity index (χ3v) is 7.69. The van der Waals surface area contributed by atoms with E-state index in [1.165, 1.54) is 30.0 Å². The molecule has 0 bridgehead atoms. The van der Waals surface area contributed by atoms with Gasteiger partial charge in [0.1, 0.15) is 11.1 Å². The lowest BCUT2D eigenvalue weighted by molar-refractivity contribution is -0.129. The van der Waals surface area contributed by atoms with E-state index in [2.05, 4.69) is 16.7 Å². The van der Waals surface area contributed by atoms with E-state index in [9.17, 15) is 19.6 Å². The second-order valence-corrected chi connectivity index (χ2v) is 10.2. The molecule has 0 aliphatic carbocycles. The number of anilines is 2. The summed E-state index contributed by atoms with van der Waals surface area (Å²) in [4.78, 5) is 40.2. The Morgan fingerprint density at radius 1 is 1.09 bits per heavy atom. The van der Waals surface area contributed by atoms with Crippen molar-refractivity contribution in [2.75, 3.05) is 22.9 Å². The fourth-order valence-electron chi connectivity index (χ4n) is 3.84. The zero-order valence-electron chi connectivity index (χ0n) is 19.2. The molecule has 3 aromatic rings. The van der Waals surface area contributed by atoms with Crippen LogP contribution in [-0.2, 0) is 33.8 Å². The molecular weight excluding hydrogens is 480 g/mol. The Morgan fingerprint density at radius 3 is 2.63 bits per heavy atom. The van der Waals surface area contributed by atoms with Gasteiger partial charge in [-0.25, -0.2) is 0 Å². The zero-order valence-corrected chi connectivity index (χ0v) is 20.8. The molecule has 2 N–H and O–H groups in total. The molecule has 1 aliphatic heterocycles. The molecule has 0 saturated heterocycles. The van der Waals surface area contributed by atoms with Gasteiger partial charge in [0.2, 0.25) is 17.7 Å². The highest BCUT2D eigenvalue weighted by Gasteiger charge is 2.26. The number of rotatable bonds is 7. The first kappa shape index (κ1) is 24.5. The molecule has 1 aliphatic rings. The number of carbonyl (C=O) groups is 3. The van der Waals surface area contributed by atoms with Gasteiger partial charge >= 0.3 is 0 Å². The van der Waals surface area contributed by atoms with Gasteiger partial charge in [-0.2, -0.15) is 5.26 Å². The van der Waals surface area contributed by atoms with Crippen molar-refractivity contribution in [3.05, 3.63) is 76.2 Å². The molecule has 7 nitrogen and oxygen atoms in total. The van der Waals surface area contributed by atoms with E-state index in [1.54, 1.807) is 4.90 Å². The summed E-state index contributed by atoms with van der Waals surface area (Å²) in [6.45, 7) is 2.58. The number of fused-ring (bicyclic) bond motifs is 1. The quantitative estimate of drug-likeness (QED) is 0.463. The third-order valence-electron chi connectivity index (χ3n) is 5.56. The minimum atomic E-state index is -0.216. The average Bonchev–Trinajstić information content (AvgIpc) is 3.19. The molecule has 0 unspecified atom stereocenters. The normalized spacial score (nSPS) is 12.4. The monoisotopic (exact) mass is 504 g/mol. The summed E-state index contributed by atoms with van der Waals surface area (Å²) in [5, 5.41) is 15.9. The highest BCUT2D eigenvalue weighted by atomic mass is 32.2. The number of hydrogen-bond donors (Lipinski definition) is 2. The van der Waals surface area contributed by atoms with Crippen LogP contribution in [0.2, 0.25) is 0 Å². The van der Waals surface area contributed by atoms with Crippen molar-refractivity contribution < 1.29 is 14.4 Å². The summed E-state index contributed by atoms with van der Waals surface area (Å²) in [5.41, 5.74) is 3.03. The van der Waals surface area contributed by atoms with Gasteiger partial charge in [-0.1, -0.05) is 36.4 Å². The van der Waals surface area contributed by atoms with Crippen LogP contribution in [0.15, 0.2) is 59.5 Å². The van der Waals surface area contributed by atoms with Crippen LogP contribution in [0.3, 0.4) is 0 Å². The van der Waals surface area contributed by atoms with Gasteiger partial charge in [-0.05, 0) is 35.7 Å². The molecule has 2 heterocycles. The van der Waals surface area contributed by atoms with Gasteiger partial charge in [0.05, 0.1) is 24.3 Å². The molecule has 9 heteroatoms. The van der Waals surface area contributed by atoms with E-state index in [0.29, 0.717) is 35.8 Å². The number of nitrogens with one attached hydrogen (secondary N) is 2. The molecule has 35 heavy (non-hydrogen) atoms. The molecule has 0 atom stereocenters. The number of nitriles is 1. The van der Waals surface area contributed by atoms with Crippen molar-refractivity contribution >= 4 is 51.5 Å². The van der Waals surface area contributed by atoms with Crippen molar-refractivity contribution in [1.82, 2.24) is 4.90 Å². The van der Waals surface area contributed by atoms with Crippen molar-refractivity contribution in [2.24, 2.45) is 0 Å². The maximum absolute atomic E-state index is 12.6. The molecule has 3 amide bonds. The largest absolute Gasteiger partial charge is 0.337 e. The van der Waals surface area contributed by atoms with Gasteiger partial charge in [-0.15, -0.1) is 23.1 Å². The molecule has 0 radical (unpaired) electrons. The summed E-state index contributed by atoms with van der Waals surface area (Å²) in [7, 11) is 0. The van der Waals surface area contributed by atoms with E-state index < -0.39 is 0 Å². The molecule has 178 valence electrons. The zero-order chi connectivity index (χ0) is 24.8. The Hall–Kier alpha value is -3.61. The molecule has 0 saturated carbocycles. The summed E-state index contributed by atoms with van der Waals surface area (Å²) in [6.07, 6.45) is 0.901. The van der Waals surface area contributed by atoms with Crippen molar-refractivity contribution in [3.63, 3.8) is 0 Å². The van der Waals surface area contributed by atoms with Crippen LogP contribution in [0, 0.1) is 11.3 Å². The second kappa shape index (κ2) is 11.2. The Morgan fingerprint density at radius 2 is 1.89 bits per heavy atom. The molecule has 0 spiro atoms. The molecule has 2 aromatic carbocycles. The summed E-state index contributed by atoms with van der Waals surface area (Å²) >= 11 is 2.71. The van der Waals surface area contributed by atoms with Crippen LogP contribution in [0.4, 0.5) is 10.7 Å². The first-order valence-corrected chi connectivity index (χ1v) is 12.9. The SMILES string of the molecule is CC(=O)N1CCc2c(sc(NC(=O)CSc3cccc(NC(=O)Cc4ccccc4)c3)c2C#N)C1.